The van der Waals surface area contributed by atoms with Crippen LogP contribution in [-0.2, 0) is 9.59 Å². The number of imide groups is 1. The molecule has 0 aromatic heterocycles. The van der Waals surface area contributed by atoms with E-state index in [9.17, 15) is 14.7 Å². The molecule has 0 aliphatic heterocycles. The van der Waals surface area contributed by atoms with Gasteiger partial charge in [0.05, 0.1) is 39.8 Å². The zero-order valence-corrected chi connectivity index (χ0v) is 25.8. The van der Waals surface area contributed by atoms with Gasteiger partial charge in [-0.25, -0.2) is 4.90 Å². The molecule has 0 heterocycles. The second kappa shape index (κ2) is 15.7. The van der Waals surface area contributed by atoms with E-state index in [4.69, 9.17) is 23.2 Å². The first-order valence-corrected chi connectivity index (χ1v) is 16.9. The van der Waals surface area contributed by atoms with Gasteiger partial charge in [-0.05, 0) is 43.0 Å². The van der Waals surface area contributed by atoms with Crippen molar-refractivity contribution in [3.05, 3.63) is 75.5 Å². The number of carbonyl (C=O) groups excluding carboxylic acids is 2. The Morgan fingerprint density at radius 2 is 1.37 bits per heavy atom. The van der Waals surface area contributed by atoms with Gasteiger partial charge >= 0.3 is 0 Å². The third kappa shape index (κ3) is 8.07. The molecule has 0 bridgehead atoms. The Labute approximate surface area is 239 Å². The van der Waals surface area contributed by atoms with E-state index in [1.807, 2.05) is 30.3 Å². The van der Waals surface area contributed by atoms with Crippen molar-refractivity contribution in [2.24, 2.45) is 0 Å². The fraction of sp³-hybridized carbons (Fsp3) is 0.484. The molecule has 1 unspecified atom stereocenters. The molecule has 7 heteroatoms. The van der Waals surface area contributed by atoms with Crippen molar-refractivity contribution in [3.8, 4) is 0 Å². The number of anilines is 1. The maximum Gasteiger partial charge on any atom is 0.264 e. The van der Waals surface area contributed by atoms with Crippen LogP contribution in [-0.4, -0.2) is 30.3 Å². The van der Waals surface area contributed by atoms with Crippen LogP contribution in [0.25, 0.3) is 0 Å². The summed E-state index contributed by atoms with van der Waals surface area (Å²) in [6.45, 7) is 9.37. The fourth-order valence-electron chi connectivity index (χ4n) is 5.18. The zero-order valence-electron chi connectivity index (χ0n) is 23.4. The quantitative estimate of drug-likeness (QED) is 0.128. The Balaban J connectivity index is 2.83. The minimum absolute atomic E-state index is 0.203. The van der Waals surface area contributed by atoms with Crippen molar-refractivity contribution in [1.82, 2.24) is 0 Å². The van der Waals surface area contributed by atoms with E-state index in [1.165, 1.54) is 19.9 Å². The first kappa shape index (κ1) is 32.3. The molecule has 0 spiro atoms. The molecule has 0 fully saturated rings. The van der Waals surface area contributed by atoms with Crippen molar-refractivity contribution >= 4 is 48.0 Å². The molecule has 0 saturated carbocycles. The normalized spacial score (nSPS) is 13.1. The highest BCUT2D eigenvalue weighted by Gasteiger charge is 2.49. The van der Waals surface area contributed by atoms with Crippen molar-refractivity contribution in [2.45, 2.75) is 78.8 Å². The summed E-state index contributed by atoms with van der Waals surface area (Å²) in [6, 6.07) is 14.6. The molecular weight excluding hydrogens is 536 g/mol. The van der Waals surface area contributed by atoms with Crippen LogP contribution in [0.5, 0.6) is 0 Å². The fourth-order valence-corrected chi connectivity index (χ4v) is 11.4. The van der Waals surface area contributed by atoms with Crippen molar-refractivity contribution < 1.29 is 14.7 Å². The van der Waals surface area contributed by atoms with Crippen molar-refractivity contribution in [1.29, 1.82) is 0 Å². The number of allylic oxidation sites excluding steroid dienone is 1. The lowest BCUT2D eigenvalue weighted by molar-refractivity contribution is -0.303. The first-order chi connectivity index (χ1) is 18.1. The topological polar surface area (TPSA) is 60.4 Å². The molecule has 0 N–H and O–H groups in total. The minimum atomic E-state index is -1.88. The van der Waals surface area contributed by atoms with E-state index >= 15 is 0 Å². The SMILES string of the molecule is CCCC[P+](CCCC)(CCCC)C(/C(C(=O)N(C(C)=O)c1ccc(Cl)c(Cl)c1)=C(\C)[O-])c1ccccc1. The Morgan fingerprint density at radius 3 is 1.79 bits per heavy atom. The molecule has 2 amide bonds. The lowest BCUT2D eigenvalue weighted by atomic mass is 10.0. The molecule has 2 aromatic rings. The lowest BCUT2D eigenvalue weighted by Crippen LogP contribution is -2.39. The second-order valence-corrected chi connectivity index (χ2v) is 15.1. The van der Waals surface area contributed by atoms with Gasteiger partial charge in [-0.3, -0.25) is 9.59 Å². The maximum absolute atomic E-state index is 14.4. The van der Waals surface area contributed by atoms with Gasteiger partial charge in [0.1, 0.15) is 5.66 Å². The first-order valence-electron chi connectivity index (χ1n) is 13.7. The molecule has 2 rings (SSSR count). The number of benzene rings is 2. The van der Waals surface area contributed by atoms with Crippen LogP contribution in [0, 0.1) is 0 Å². The monoisotopic (exact) mass is 577 g/mol. The molecule has 1 atom stereocenters. The van der Waals surface area contributed by atoms with Gasteiger partial charge in [0.15, 0.2) is 0 Å². The second-order valence-electron chi connectivity index (χ2n) is 9.99. The Bertz CT molecular complexity index is 1080. The number of nitrogens with zero attached hydrogens (tertiary/aromatic N) is 1. The summed E-state index contributed by atoms with van der Waals surface area (Å²) in [4.78, 5) is 28.4. The van der Waals surface area contributed by atoms with E-state index in [-0.39, 0.29) is 22.0 Å². The molecular formula is C31H42Cl2NO3P. The summed E-state index contributed by atoms with van der Waals surface area (Å²) >= 11 is 12.4. The van der Waals surface area contributed by atoms with Crippen molar-refractivity contribution in [3.63, 3.8) is 0 Å². The number of amides is 2. The highest BCUT2D eigenvalue weighted by molar-refractivity contribution is 7.76. The Morgan fingerprint density at radius 1 is 0.842 bits per heavy atom. The summed E-state index contributed by atoms with van der Waals surface area (Å²) in [7, 11) is -1.88. The van der Waals surface area contributed by atoms with Crippen LogP contribution in [0.2, 0.25) is 10.0 Å². The highest BCUT2D eigenvalue weighted by atomic mass is 35.5. The number of halogens is 2. The number of hydrogen-bond donors (Lipinski definition) is 0. The molecule has 4 nitrogen and oxygen atoms in total. The van der Waals surface area contributed by atoms with Crippen LogP contribution in [0.4, 0.5) is 5.69 Å². The molecule has 2 aromatic carbocycles. The number of rotatable bonds is 14. The van der Waals surface area contributed by atoms with Gasteiger partial charge in [-0.1, -0.05) is 100 Å². The Hall–Kier alpha value is -1.87. The predicted molar refractivity (Wildman–Crippen MR) is 163 cm³/mol. The maximum atomic E-state index is 14.4. The minimum Gasteiger partial charge on any atom is -0.875 e. The number of unbranched alkanes of at least 4 members (excludes halogenated alkanes) is 3. The third-order valence-electron chi connectivity index (χ3n) is 7.10. The van der Waals surface area contributed by atoms with Crippen LogP contribution in [0.1, 0.15) is 84.4 Å². The van der Waals surface area contributed by atoms with Gasteiger partial charge < -0.3 is 5.11 Å². The Kier molecular flexibility index (Phi) is 13.3. The number of carbonyl (C=O) groups is 2. The highest BCUT2D eigenvalue weighted by Crippen LogP contribution is 2.73. The number of hydrogen-bond acceptors (Lipinski definition) is 3. The summed E-state index contributed by atoms with van der Waals surface area (Å²) in [5, 5.41) is 14.1. The molecule has 0 saturated heterocycles. The van der Waals surface area contributed by atoms with Crippen LogP contribution in [0.15, 0.2) is 59.9 Å². The largest absolute Gasteiger partial charge is 0.875 e. The third-order valence-corrected chi connectivity index (χ3v) is 13.1. The van der Waals surface area contributed by atoms with Crippen molar-refractivity contribution in [2.75, 3.05) is 23.4 Å². The smallest absolute Gasteiger partial charge is 0.264 e. The van der Waals surface area contributed by atoms with Gasteiger partial charge in [-0.2, -0.15) is 0 Å². The van der Waals surface area contributed by atoms with E-state index in [1.54, 1.807) is 12.1 Å². The summed E-state index contributed by atoms with van der Waals surface area (Å²) < 4.78 is 0. The summed E-state index contributed by atoms with van der Waals surface area (Å²) in [6.07, 6.45) is 9.34. The average Bonchev–Trinajstić information content (AvgIpc) is 2.89. The van der Waals surface area contributed by atoms with Crippen LogP contribution < -0.4 is 10.0 Å². The summed E-state index contributed by atoms with van der Waals surface area (Å²) in [5.41, 5.74) is 1.17. The van der Waals surface area contributed by atoms with E-state index in [0.717, 1.165) is 67.5 Å². The van der Waals surface area contributed by atoms with Gasteiger partial charge in [-0.15, -0.1) is 5.76 Å². The van der Waals surface area contributed by atoms with E-state index in [0.29, 0.717) is 10.7 Å². The molecule has 0 aliphatic rings. The van der Waals surface area contributed by atoms with Crippen LogP contribution >= 0.6 is 30.5 Å². The van der Waals surface area contributed by atoms with E-state index < -0.39 is 19.1 Å². The molecule has 208 valence electrons. The van der Waals surface area contributed by atoms with Gasteiger partial charge in [0.2, 0.25) is 5.91 Å². The summed E-state index contributed by atoms with van der Waals surface area (Å²) in [5.74, 6) is -1.33. The molecule has 38 heavy (non-hydrogen) atoms. The molecule has 0 radical (unpaired) electrons. The standard InChI is InChI=1S/C31H42Cl2NO3P/c1-6-9-19-38(20-10-7-2,21-11-8-3)30(25-15-13-12-14-16-25)29(23(4)35)31(37)34(24(5)36)26-17-18-27(32)28(33)22-26/h12-18,22,30H,6-11,19-21H2,1-5H3. The van der Waals surface area contributed by atoms with E-state index in [2.05, 4.69) is 20.8 Å². The van der Waals surface area contributed by atoms with Gasteiger partial charge in [0, 0.05) is 14.2 Å². The van der Waals surface area contributed by atoms with Crippen LogP contribution in [0.3, 0.4) is 0 Å². The van der Waals surface area contributed by atoms with Gasteiger partial charge in [0.25, 0.3) is 5.91 Å². The predicted octanol–water partition coefficient (Wildman–Crippen LogP) is 8.67. The zero-order chi connectivity index (χ0) is 28.3. The molecule has 0 aliphatic carbocycles. The average molecular weight is 579 g/mol. The lowest BCUT2D eigenvalue weighted by Gasteiger charge is -2.39.